The van der Waals surface area contributed by atoms with Crippen LogP contribution >= 0.6 is 11.8 Å². The molecule has 2 unspecified atom stereocenters. The van der Waals surface area contributed by atoms with Crippen LogP contribution in [0, 0.1) is 18.6 Å². The topological polar surface area (TPSA) is 117 Å². The number of nitrogens with one attached hydrogen (secondary N) is 2. The first kappa shape index (κ1) is 42.0. The molecule has 6 aromatic carbocycles. The average Bonchev–Trinajstić information content (AvgIpc) is 3.67. The molecular weight excluding hydrogens is 799 g/mol. The van der Waals surface area contributed by atoms with E-state index in [1.54, 1.807) is 37.3 Å². The molecule has 11 nitrogen and oxygen atoms in total. The Morgan fingerprint density at radius 3 is 1.57 bits per heavy atom. The molecule has 8 rings (SSSR count). The Bertz CT molecular complexity index is 2560. The fraction of sp³-hybridized carbons (Fsp3) is 0.149. The highest BCUT2D eigenvalue weighted by molar-refractivity contribution is 8.13. The van der Waals surface area contributed by atoms with Crippen molar-refractivity contribution < 1.29 is 32.6 Å². The number of rotatable bonds is 10. The number of thioether (sulfide) groups is 1. The number of amidine groups is 2. The summed E-state index contributed by atoms with van der Waals surface area (Å²) in [4.78, 5) is 35.7. The molecule has 61 heavy (non-hydrogen) atoms. The highest BCUT2D eigenvalue weighted by Crippen LogP contribution is 2.38. The monoisotopic (exact) mass is 840 g/mol. The molecule has 310 valence electrons. The molecule has 14 heteroatoms. The minimum atomic E-state index is -1.25. The summed E-state index contributed by atoms with van der Waals surface area (Å²) in [5.74, 6) is 1.20. The standard InChI is InChI=1S/C24H23N3O2S.C23H19F2N3O3/c1-17-9-13-20(14-10-17)29-21-15-11-18(12-16-21)24(2)22(28)27(23(25-24)30-3)26-19-7-5-4-6-8-19;1-23(15-6-10-19(11-7-15)31-20-12-8-16(24)9-13-20)21(29)28(22(26-23)30-2)27-18-5-3-4-17(25)14-18/h4-16,26H,1-3H3;3-14,27H,1-2H3. The number of hydrazine groups is 2. The maximum atomic E-state index is 13.5. The lowest BCUT2D eigenvalue weighted by molar-refractivity contribution is -0.130. The second-order valence-corrected chi connectivity index (χ2v) is 15.0. The molecule has 0 fully saturated rings. The number of anilines is 2. The highest BCUT2D eigenvalue weighted by atomic mass is 32.2. The molecule has 0 radical (unpaired) electrons. The molecule has 0 bridgehead atoms. The molecule has 2 heterocycles. The van der Waals surface area contributed by atoms with E-state index in [1.165, 1.54) is 71.9 Å². The second-order valence-electron chi connectivity index (χ2n) is 14.2. The Balaban J connectivity index is 0.000000184. The normalized spacial score (nSPS) is 18.1. The van der Waals surface area contributed by atoms with Gasteiger partial charge in [-0.05, 0) is 129 Å². The van der Waals surface area contributed by atoms with Crippen LogP contribution in [-0.4, -0.2) is 46.4 Å². The fourth-order valence-electron chi connectivity index (χ4n) is 6.44. The predicted molar refractivity (Wildman–Crippen MR) is 234 cm³/mol. The van der Waals surface area contributed by atoms with Gasteiger partial charge in [0.05, 0.1) is 18.5 Å². The van der Waals surface area contributed by atoms with Crippen molar-refractivity contribution in [2.75, 3.05) is 24.2 Å². The van der Waals surface area contributed by atoms with Gasteiger partial charge in [-0.15, -0.1) is 0 Å². The molecule has 0 spiro atoms. The van der Waals surface area contributed by atoms with Crippen molar-refractivity contribution >= 4 is 46.1 Å². The Morgan fingerprint density at radius 2 is 1.05 bits per heavy atom. The fourth-order valence-corrected chi connectivity index (χ4v) is 7.02. The van der Waals surface area contributed by atoms with E-state index in [9.17, 15) is 18.4 Å². The number of aryl methyl sites for hydroxylation is 1. The van der Waals surface area contributed by atoms with Crippen LogP contribution in [0.5, 0.6) is 23.0 Å². The molecule has 0 saturated carbocycles. The summed E-state index contributed by atoms with van der Waals surface area (Å²) < 4.78 is 43.4. The van der Waals surface area contributed by atoms with Gasteiger partial charge in [0.15, 0.2) is 16.2 Å². The lowest BCUT2D eigenvalue weighted by atomic mass is 9.92. The van der Waals surface area contributed by atoms with Gasteiger partial charge in [-0.2, -0.15) is 10.0 Å². The Labute approximate surface area is 356 Å². The van der Waals surface area contributed by atoms with Gasteiger partial charge in [-0.1, -0.05) is 78.0 Å². The minimum Gasteiger partial charge on any atom is -0.467 e. The number of carbonyl (C=O) groups excluding carboxylic acids is 2. The summed E-state index contributed by atoms with van der Waals surface area (Å²) in [5, 5.41) is 3.31. The largest absolute Gasteiger partial charge is 0.467 e. The SMILES string of the molecule is COC1=NC(C)(c2ccc(Oc3ccc(F)cc3)cc2)C(=O)N1Nc1cccc(F)c1.CSC1=NC(C)(c2ccc(Oc3ccc(C)cc3)cc2)C(=O)N1Nc1ccccc1. The predicted octanol–water partition coefficient (Wildman–Crippen LogP) is 10.4. The number of methoxy groups -OCH3 is 1. The number of ether oxygens (including phenoxy) is 3. The Morgan fingerprint density at radius 1 is 0.574 bits per heavy atom. The van der Waals surface area contributed by atoms with Gasteiger partial charge in [0.25, 0.3) is 11.8 Å². The number of aliphatic imine (C=N–C) groups is 2. The van der Waals surface area contributed by atoms with Gasteiger partial charge < -0.3 is 14.2 Å². The van der Waals surface area contributed by atoms with Crippen molar-refractivity contribution in [3.8, 4) is 23.0 Å². The van der Waals surface area contributed by atoms with Gasteiger partial charge in [0.2, 0.25) is 0 Å². The van der Waals surface area contributed by atoms with E-state index in [1.807, 2.05) is 99.0 Å². The lowest BCUT2D eigenvalue weighted by Crippen LogP contribution is -2.43. The molecule has 0 saturated heterocycles. The summed E-state index contributed by atoms with van der Waals surface area (Å²) in [5.41, 5.74) is 7.58. The van der Waals surface area contributed by atoms with Crippen LogP contribution in [0.2, 0.25) is 0 Å². The number of carbonyl (C=O) groups is 2. The van der Waals surface area contributed by atoms with E-state index in [-0.39, 0.29) is 23.7 Å². The van der Waals surface area contributed by atoms with Crippen molar-refractivity contribution in [1.29, 1.82) is 0 Å². The number of benzene rings is 6. The van der Waals surface area contributed by atoms with Gasteiger partial charge in [-0.25, -0.2) is 18.8 Å². The van der Waals surface area contributed by atoms with E-state index in [2.05, 4.69) is 15.8 Å². The zero-order valence-electron chi connectivity index (χ0n) is 33.9. The van der Waals surface area contributed by atoms with E-state index >= 15 is 0 Å². The Kier molecular flexibility index (Phi) is 12.4. The van der Waals surface area contributed by atoms with Crippen molar-refractivity contribution in [1.82, 2.24) is 10.0 Å². The summed E-state index contributed by atoms with van der Waals surface area (Å²) in [6.07, 6.45) is 1.91. The third-order valence-electron chi connectivity index (χ3n) is 9.84. The summed E-state index contributed by atoms with van der Waals surface area (Å²) >= 11 is 1.43. The molecular formula is C47H42F2N6O5S. The van der Waals surface area contributed by atoms with Crippen LogP contribution in [-0.2, 0) is 25.4 Å². The zero-order valence-corrected chi connectivity index (χ0v) is 34.7. The molecule has 2 aliphatic heterocycles. The molecule has 2 aliphatic rings. The van der Waals surface area contributed by atoms with Crippen LogP contribution in [0.4, 0.5) is 20.2 Å². The average molecular weight is 841 g/mol. The van der Waals surface area contributed by atoms with Gasteiger partial charge in [-0.3, -0.25) is 20.4 Å². The maximum Gasteiger partial charge on any atom is 0.315 e. The molecule has 2 N–H and O–H groups in total. The van der Waals surface area contributed by atoms with Gasteiger partial charge in [0.1, 0.15) is 34.6 Å². The van der Waals surface area contributed by atoms with Crippen LogP contribution in [0.25, 0.3) is 0 Å². The minimum absolute atomic E-state index is 0.0587. The summed E-state index contributed by atoms with van der Waals surface area (Å²) in [7, 11) is 1.40. The van der Waals surface area contributed by atoms with Crippen LogP contribution < -0.4 is 20.3 Å². The first-order valence-electron chi connectivity index (χ1n) is 19.1. The molecule has 0 aliphatic carbocycles. The first-order chi connectivity index (χ1) is 29.4. The molecule has 6 aromatic rings. The zero-order chi connectivity index (χ0) is 43.1. The van der Waals surface area contributed by atoms with E-state index < -0.39 is 16.9 Å². The summed E-state index contributed by atoms with van der Waals surface area (Å²) in [6.45, 7) is 5.54. The quantitative estimate of drug-likeness (QED) is 0.140. The molecule has 2 atom stereocenters. The molecule has 2 amide bonds. The Hall–Kier alpha value is -7.19. The number of amides is 2. The number of halogens is 2. The van der Waals surface area contributed by atoms with Crippen molar-refractivity contribution in [2.45, 2.75) is 31.8 Å². The van der Waals surface area contributed by atoms with Crippen LogP contribution in [0.15, 0.2) is 162 Å². The maximum absolute atomic E-state index is 13.5. The number of hydrogen-bond donors (Lipinski definition) is 2. The van der Waals surface area contributed by atoms with Crippen LogP contribution in [0.1, 0.15) is 30.5 Å². The van der Waals surface area contributed by atoms with Crippen molar-refractivity contribution in [3.05, 3.63) is 180 Å². The van der Waals surface area contributed by atoms with Crippen molar-refractivity contribution in [2.24, 2.45) is 9.98 Å². The lowest BCUT2D eigenvalue weighted by Gasteiger charge is -2.24. The second kappa shape index (κ2) is 18.0. The van der Waals surface area contributed by atoms with Gasteiger partial charge in [0, 0.05) is 0 Å². The first-order valence-corrected chi connectivity index (χ1v) is 20.3. The van der Waals surface area contributed by atoms with Gasteiger partial charge >= 0.3 is 6.02 Å². The number of nitrogens with zero attached hydrogens (tertiary/aromatic N) is 4. The van der Waals surface area contributed by atoms with E-state index in [4.69, 9.17) is 19.2 Å². The molecule has 0 aromatic heterocycles. The third-order valence-corrected chi connectivity index (χ3v) is 10.5. The third kappa shape index (κ3) is 9.34. The van der Waals surface area contributed by atoms with E-state index in [0.29, 0.717) is 33.7 Å². The summed E-state index contributed by atoms with van der Waals surface area (Å²) in [6, 6.07) is 43.3. The van der Waals surface area contributed by atoms with Crippen molar-refractivity contribution in [3.63, 3.8) is 0 Å². The smallest absolute Gasteiger partial charge is 0.315 e. The van der Waals surface area contributed by atoms with Crippen LogP contribution in [0.3, 0.4) is 0 Å². The van der Waals surface area contributed by atoms with E-state index in [0.717, 1.165) is 22.0 Å². The number of para-hydroxylation sites is 1. The number of hydrogen-bond acceptors (Lipinski definition) is 10. The highest BCUT2D eigenvalue weighted by Gasteiger charge is 2.48.